The van der Waals surface area contributed by atoms with Gasteiger partial charge in [-0.15, -0.1) is 0 Å². The second kappa shape index (κ2) is 7.12. The van der Waals surface area contributed by atoms with E-state index in [4.69, 9.17) is 0 Å². The van der Waals surface area contributed by atoms with Crippen LogP contribution in [0.3, 0.4) is 0 Å². The Morgan fingerprint density at radius 1 is 1.13 bits per heavy atom. The summed E-state index contributed by atoms with van der Waals surface area (Å²) in [5, 5.41) is 2.92. The fourth-order valence-electron chi connectivity index (χ4n) is 2.61. The molecule has 0 atom stereocenters. The summed E-state index contributed by atoms with van der Waals surface area (Å²) in [5.74, 6) is 0.0865. The van der Waals surface area contributed by atoms with E-state index in [0.29, 0.717) is 18.5 Å². The Labute approximate surface area is 149 Å². The minimum absolute atomic E-state index is 0.127. The van der Waals surface area contributed by atoms with Crippen molar-refractivity contribution in [1.29, 1.82) is 0 Å². The maximum atomic E-state index is 12.3. The molecule has 4 nitrogen and oxygen atoms in total. The highest BCUT2D eigenvalue weighted by atomic mass is 127. The van der Waals surface area contributed by atoms with Gasteiger partial charge in [0.15, 0.2) is 0 Å². The Morgan fingerprint density at radius 3 is 2.52 bits per heavy atom. The normalized spacial score (nSPS) is 14.1. The minimum Gasteiger partial charge on any atom is -0.338 e. The lowest BCUT2D eigenvalue weighted by Gasteiger charge is -2.15. The zero-order valence-electron chi connectivity index (χ0n) is 12.6. The number of para-hydroxylation sites is 1. The third kappa shape index (κ3) is 3.90. The lowest BCUT2D eigenvalue weighted by molar-refractivity contribution is -0.128. The summed E-state index contributed by atoms with van der Waals surface area (Å²) in [6, 6.07) is 15.1. The molecule has 1 saturated heterocycles. The first kappa shape index (κ1) is 16.0. The summed E-state index contributed by atoms with van der Waals surface area (Å²) in [6.45, 7) is 1.45. The van der Waals surface area contributed by atoms with Crippen molar-refractivity contribution >= 4 is 40.1 Å². The standard InChI is InChI=1S/C18H17IN2O2/c19-15-4-1-2-5-16(15)20-18(23)14-9-7-13(8-10-14)12-21-11-3-6-17(21)22/h1-2,4-5,7-10H,3,6,11-12H2,(H,20,23). The number of likely N-dealkylation sites (tertiary alicyclic amines) is 1. The number of halogens is 1. The molecule has 1 N–H and O–H groups in total. The average molecular weight is 420 g/mol. The van der Waals surface area contributed by atoms with E-state index < -0.39 is 0 Å². The Hall–Kier alpha value is -1.89. The highest BCUT2D eigenvalue weighted by Crippen LogP contribution is 2.19. The molecule has 0 aliphatic carbocycles. The molecule has 0 saturated carbocycles. The maximum absolute atomic E-state index is 12.3. The lowest BCUT2D eigenvalue weighted by Crippen LogP contribution is -2.23. The second-order valence-corrected chi connectivity index (χ2v) is 6.71. The van der Waals surface area contributed by atoms with E-state index in [1.807, 2.05) is 41.3 Å². The number of carbonyl (C=O) groups is 2. The minimum atomic E-state index is -0.127. The molecule has 0 radical (unpaired) electrons. The van der Waals surface area contributed by atoms with Crippen molar-refractivity contribution in [3.05, 3.63) is 63.2 Å². The molecule has 0 spiro atoms. The zero-order valence-corrected chi connectivity index (χ0v) is 14.7. The number of rotatable bonds is 4. The quantitative estimate of drug-likeness (QED) is 0.768. The van der Waals surface area contributed by atoms with Crippen molar-refractivity contribution < 1.29 is 9.59 Å². The van der Waals surface area contributed by atoms with Crippen molar-refractivity contribution in [2.75, 3.05) is 11.9 Å². The van der Waals surface area contributed by atoms with Crippen LogP contribution in [0.2, 0.25) is 0 Å². The predicted octanol–water partition coefficient (Wildman–Crippen LogP) is 3.67. The van der Waals surface area contributed by atoms with Crippen LogP contribution < -0.4 is 5.32 Å². The topological polar surface area (TPSA) is 49.4 Å². The van der Waals surface area contributed by atoms with Gasteiger partial charge in [0, 0.05) is 28.6 Å². The van der Waals surface area contributed by atoms with E-state index in [-0.39, 0.29) is 11.8 Å². The molecule has 1 aliphatic heterocycles. The molecular formula is C18H17IN2O2. The summed E-state index contributed by atoms with van der Waals surface area (Å²) < 4.78 is 1.00. The first-order chi connectivity index (χ1) is 11.1. The summed E-state index contributed by atoms with van der Waals surface area (Å²) in [7, 11) is 0. The van der Waals surface area contributed by atoms with Gasteiger partial charge in [0.05, 0.1) is 5.69 Å². The van der Waals surface area contributed by atoms with Crippen molar-refractivity contribution in [3.8, 4) is 0 Å². The van der Waals surface area contributed by atoms with Gasteiger partial charge in [-0.25, -0.2) is 0 Å². The number of nitrogens with one attached hydrogen (secondary N) is 1. The van der Waals surface area contributed by atoms with Crippen LogP contribution in [0.1, 0.15) is 28.8 Å². The highest BCUT2D eigenvalue weighted by Gasteiger charge is 2.20. The van der Waals surface area contributed by atoms with Crippen LogP contribution in [-0.2, 0) is 11.3 Å². The van der Waals surface area contributed by atoms with Gasteiger partial charge in [0.25, 0.3) is 5.91 Å². The summed E-state index contributed by atoms with van der Waals surface area (Å²) >= 11 is 2.20. The van der Waals surface area contributed by atoms with E-state index in [0.717, 1.165) is 27.8 Å². The van der Waals surface area contributed by atoms with Crippen LogP contribution in [0.5, 0.6) is 0 Å². The van der Waals surface area contributed by atoms with E-state index in [9.17, 15) is 9.59 Å². The van der Waals surface area contributed by atoms with E-state index in [1.54, 1.807) is 12.1 Å². The van der Waals surface area contributed by atoms with Gasteiger partial charge < -0.3 is 10.2 Å². The molecule has 0 bridgehead atoms. The van der Waals surface area contributed by atoms with Gasteiger partial charge >= 0.3 is 0 Å². The molecule has 2 aromatic rings. The lowest BCUT2D eigenvalue weighted by atomic mass is 10.1. The zero-order chi connectivity index (χ0) is 16.2. The molecule has 118 valence electrons. The largest absolute Gasteiger partial charge is 0.338 e. The molecule has 1 aliphatic rings. The number of hydrogen-bond acceptors (Lipinski definition) is 2. The fraction of sp³-hybridized carbons (Fsp3) is 0.222. The molecule has 23 heavy (non-hydrogen) atoms. The van der Waals surface area contributed by atoms with Crippen LogP contribution >= 0.6 is 22.6 Å². The number of amides is 2. The van der Waals surface area contributed by atoms with Crippen LogP contribution in [0.25, 0.3) is 0 Å². The molecular weight excluding hydrogens is 403 g/mol. The van der Waals surface area contributed by atoms with E-state index >= 15 is 0 Å². The predicted molar refractivity (Wildman–Crippen MR) is 98.2 cm³/mol. The Bertz CT molecular complexity index is 728. The van der Waals surface area contributed by atoms with Crippen LogP contribution in [0.4, 0.5) is 5.69 Å². The van der Waals surface area contributed by atoms with E-state index in [2.05, 4.69) is 27.9 Å². The Balaban J connectivity index is 1.66. The number of hydrogen-bond donors (Lipinski definition) is 1. The number of benzene rings is 2. The van der Waals surface area contributed by atoms with Crippen molar-refractivity contribution in [2.45, 2.75) is 19.4 Å². The maximum Gasteiger partial charge on any atom is 0.255 e. The molecule has 1 heterocycles. The summed E-state index contributed by atoms with van der Waals surface area (Å²) in [6.07, 6.45) is 1.59. The Morgan fingerprint density at radius 2 is 1.87 bits per heavy atom. The van der Waals surface area contributed by atoms with Gasteiger partial charge in [-0.2, -0.15) is 0 Å². The first-order valence-electron chi connectivity index (χ1n) is 7.56. The molecule has 3 rings (SSSR count). The molecule has 2 aromatic carbocycles. The van der Waals surface area contributed by atoms with E-state index in [1.165, 1.54) is 0 Å². The molecule has 2 amide bonds. The first-order valence-corrected chi connectivity index (χ1v) is 8.64. The van der Waals surface area contributed by atoms with Crippen molar-refractivity contribution in [2.24, 2.45) is 0 Å². The van der Waals surface area contributed by atoms with Gasteiger partial charge in [0.1, 0.15) is 0 Å². The van der Waals surface area contributed by atoms with Gasteiger partial charge in [-0.3, -0.25) is 9.59 Å². The third-order valence-electron chi connectivity index (χ3n) is 3.88. The third-order valence-corrected chi connectivity index (χ3v) is 4.82. The summed E-state index contributed by atoms with van der Waals surface area (Å²) in [4.78, 5) is 25.8. The fourth-order valence-corrected chi connectivity index (χ4v) is 3.13. The molecule has 0 unspecified atom stereocenters. The van der Waals surface area contributed by atoms with Crippen LogP contribution in [-0.4, -0.2) is 23.3 Å². The average Bonchev–Trinajstić information content (AvgIpc) is 2.95. The molecule has 0 aromatic heterocycles. The summed E-state index contributed by atoms with van der Waals surface area (Å²) in [5.41, 5.74) is 2.47. The molecule has 5 heteroatoms. The number of anilines is 1. The van der Waals surface area contributed by atoms with Gasteiger partial charge in [-0.1, -0.05) is 24.3 Å². The highest BCUT2D eigenvalue weighted by molar-refractivity contribution is 14.1. The van der Waals surface area contributed by atoms with Gasteiger partial charge in [-0.05, 0) is 58.8 Å². The second-order valence-electron chi connectivity index (χ2n) is 5.55. The van der Waals surface area contributed by atoms with Crippen LogP contribution in [0.15, 0.2) is 48.5 Å². The monoisotopic (exact) mass is 420 g/mol. The van der Waals surface area contributed by atoms with Crippen molar-refractivity contribution in [3.63, 3.8) is 0 Å². The van der Waals surface area contributed by atoms with Crippen molar-refractivity contribution in [1.82, 2.24) is 4.90 Å². The number of carbonyl (C=O) groups excluding carboxylic acids is 2. The molecule has 1 fully saturated rings. The SMILES string of the molecule is O=C(Nc1ccccc1I)c1ccc(CN2CCCC2=O)cc1. The van der Waals surface area contributed by atoms with Crippen LogP contribution in [0, 0.1) is 3.57 Å². The number of nitrogens with zero attached hydrogens (tertiary/aromatic N) is 1. The van der Waals surface area contributed by atoms with Gasteiger partial charge in [0.2, 0.25) is 5.91 Å². The Kier molecular flexibility index (Phi) is 4.95. The smallest absolute Gasteiger partial charge is 0.255 e.